The standard InChI is InChI=1S/C14H17NO4.C14H19NO2.C8H13O2.C7H7NO2/c1-10(16)11-2-6-13(7-3-11)19-14-8-4-12(5-9-14)15(17)18;1-10(16)11-2-6-13(7-3-11)17-14-8-4-12(15)5-9-14;1-6(9)7-2-4-8(10)5-3-7;1-6-2-4-7(5-3-6)8(9)10/h4-5,8-9,11,13H,2-3,6-7H2,1H3;4-5,8-9,11,13H,2-3,6-7,15H2,1H3;7-8H,2-5H2,1H3;2-5H,1H3/q;;-1;. The summed E-state index contributed by atoms with van der Waals surface area (Å²) >= 11 is 0. The van der Waals surface area contributed by atoms with Gasteiger partial charge >= 0.3 is 0 Å². The van der Waals surface area contributed by atoms with Gasteiger partial charge in [0.2, 0.25) is 0 Å². The Bertz CT molecular complexity index is 1690. The van der Waals surface area contributed by atoms with E-state index in [-0.39, 0.29) is 52.9 Å². The topological polar surface area (TPSA) is 205 Å². The fourth-order valence-electron chi connectivity index (χ4n) is 6.89. The van der Waals surface area contributed by atoms with Crippen LogP contribution in [0.2, 0.25) is 0 Å². The van der Waals surface area contributed by atoms with Crippen molar-refractivity contribution in [2.75, 3.05) is 5.73 Å². The van der Waals surface area contributed by atoms with Crippen LogP contribution in [0.25, 0.3) is 0 Å². The average Bonchev–Trinajstić information content (AvgIpc) is 3.17. The smallest absolute Gasteiger partial charge is 0.269 e. The Labute approximate surface area is 329 Å². The van der Waals surface area contributed by atoms with Gasteiger partial charge in [-0.1, -0.05) is 30.5 Å². The second-order valence-corrected chi connectivity index (χ2v) is 14.9. The number of nitro benzene ring substituents is 2. The molecule has 0 heterocycles. The zero-order valence-electron chi connectivity index (χ0n) is 32.9. The minimum Gasteiger partial charge on any atom is -0.852 e. The molecule has 0 amide bonds. The van der Waals surface area contributed by atoms with Crippen molar-refractivity contribution in [2.45, 2.75) is 123 Å². The van der Waals surface area contributed by atoms with Crippen LogP contribution in [0.4, 0.5) is 17.1 Å². The lowest BCUT2D eigenvalue weighted by atomic mass is 9.85. The summed E-state index contributed by atoms with van der Waals surface area (Å²) in [6.45, 7) is 6.84. The highest BCUT2D eigenvalue weighted by atomic mass is 16.6. The molecule has 0 radical (unpaired) electrons. The quantitative estimate of drug-likeness (QED) is 0.124. The molecule has 0 unspecified atom stereocenters. The summed E-state index contributed by atoms with van der Waals surface area (Å²) in [6, 6.07) is 20.0. The summed E-state index contributed by atoms with van der Waals surface area (Å²) in [6.07, 6.45) is 10.3. The van der Waals surface area contributed by atoms with Crippen LogP contribution in [0, 0.1) is 44.9 Å². The number of hydrogen-bond donors (Lipinski definition) is 1. The maximum absolute atomic E-state index is 11.3. The molecule has 0 saturated heterocycles. The Morgan fingerprint density at radius 3 is 1.16 bits per heavy atom. The second kappa shape index (κ2) is 23.0. The van der Waals surface area contributed by atoms with Gasteiger partial charge in [-0.05, 0) is 128 Å². The number of nitro groups is 2. The van der Waals surface area contributed by atoms with Crippen molar-refractivity contribution >= 4 is 34.4 Å². The molecule has 0 aliphatic heterocycles. The van der Waals surface area contributed by atoms with Crippen LogP contribution in [0.1, 0.15) is 103 Å². The Kier molecular flexibility index (Phi) is 18.6. The predicted molar refractivity (Wildman–Crippen MR) is 212 cm³/mol. The number of non-ortho nitro benzene ring substituents is 2. The van der Waals surface area contributed by atoms with E-state index in [4.69, 9.17) is 15.2 Å². The summed E-state index contributed by atoms with van der Waals surface area (Å²) in [5, 5.41) is 31.5. The second-order valence-electron chi connectivity index (χ2n) is 14.9. The molecule has 13 heteroatoms. The van der Waals surface area contributed by atoms with E-state index in [1.807, 2.05) is 31.2 Å². The van der Waals surface area contributed by atoms with Gasteiger partial charge in [0, 0.05) is 47.7 Å². The van der Waals surface area contributed by atoms with Gasteiger partial charge in [0.1, 0.15) is 28.8 Å². The van der Waals surface area contributed by atoms with Crippen LogP contribution >= 0.6 is 0 Å². The molecule has 0 atom stereocenters. The number of hydrogen-bond acceptors (Lipinski definition) is 11. The first-order chi connectivity index (χ1) is 26.6. The predicted octanol–water partition coefficient (Wildman–Crippen LogP) is 8.31. The minimum absolute atomic E-state index is 0.0626. The number of ether oxygens (including phenoxy) is 2. The van der Waals surface area contributed by atoms with Crippen molar-refractivity contribution < 1.29 is 38.8 Å². The number of carbonyl (C=O) groups excluding carboxylic acids is 3. The Morgan fingerprint density at radius 1 is 0.536 bits per heavy atom. The molecule has 3 aromatic carbocycles. The van der Waals surface area contributed by atoms with Crippen molar-refractivity contribution in [3.63, 3.8) is 0 Å². The Hall–Kier alpha value is -5.17. The third-order valence-electron chi connectivity index (χ3n) is 10.5. The van der Waals surface area contributed by atoms with E-state index >= 15 is 0 Å². The van der Waals surface area contributed by atoms with Crippen LogP contribution in [0.3, 0.4) is 0 Å². The van der Waals surface area contributed by atoms with E-state index in [0.29, 0.717) is 24.4 Å². The highest BCUT2D eigenvalue weighted by Crippen LogP contribution is 2.30. The van der Waals surface area contributed by atoms with Gasteiger partial charge < -0.3 is 20.3 Å². The molecule has 3 aliphatic rings. The number of carbonyl (C=O) groups is 3. The lowest BCUT2D eigenvalue weighted by molar-refractivity contribution is -0.426. The lowest BCUT2D eigenvalue weighted by Crippen LogP contribution is -2.31. The van der Waals surface area contributed by atoms with Gasteiger partial charge in [-0.2, -0.15) is 0 Å². The van der Waals surface area contributed by atoms with Crippen molar-refractivity contribution in [3.05, 3.63) is 98.6 Å². The molecule has 0 spiro atoms. The summed E-state index contributed by atoms with van der Waals surface area (Å²) in [5.41, 5.74) is 7.61. The van der Waals surface area contributed by atoms with Gasteiger partial charge in [0.15, 0.2) is 0 Å². The van der Waals surface area contributed by atoms with E-state index in [1.165, 1.54) is 24.3 Å². The first kappa shape index (κ1) is 45.2. The zero-order chi connectivity index (χ0) is 41.2. The van der Waals surface area contributed by atoms with Gasteiger partial charge in [0.05, 0.1) is 22.1 Å². The lowest BCUT2D eigenvalue weighted by Gasteiger charge is -2.30. The monoisotopic (exact) mass is 774 g/mol. The number of anilines is 1. The molecule has 3 aliphatic carbocycles. The molecule has 3 aromatic rings. The molecule has 0 aromatic heterocycles. The summed E-state index contributed by atoms with van der Waals surface area (Å²) in [7, 11) is 0. The number of aryl methyl sites for hydroxylation is 1. The van der Waals surface area contributed by atoms with Crippen molar-refractivity contribution in [1.82, 2.24) is 0 Å². The molecular formula is C43H56N3O10-. The number of nitrogens with zero attached hydrogens (tertiary/aromatic N) is 2. The number of nitrogens with two attached hydrogens (primary N) is 1. The molecule has 3 saturated carbocycles. The molecule has 304 valence electrons. The number of benzene rings is 3. The largest absolute Gasteiger partial charge is 0.852 e. The number of nitrogen functional groups attached to an aromatic ring is 1. The maximum Gasteiger partial charge on any atom is 0.269 e. The Morgan fingerprint density at radius 2 is 0.839 bits per heavy atom. The SMILES string of the molecule is CC(=O)C1CCC(Oc2ccc(N)cc2)CC1.CC(=O)C1CCC(Oc2ccc([N+](=O)[O-])cc2)CC1.CC(=O)C1CCC([O-])CC1.Cc1ccc([N+](=O)[O-])cc1. The first-order valence-electron chi connectivity index (χ1n) is 19.4. The van der Waals surface area contributed by atoms with Crippen LogP contribution < -0.4 is 20.3 Å². The van der Waals surface area contributed by atoms with Crippen molar-refractivity contribution in [2.24, 2.45) is 17.8 Å². The third-order valence-corrected chi connectivity index (χ3v) is 10.5. The van der Waals surface area contributed by atoms with Gasteiger partial charge in [-0.3, -0.25) is 34.6 Å². The number of rotatable bonds is 9. The van der Waals surface area contributed by atoms with E-state index < -0.39 is 16.0 Å². The fourth-order valence-corrected chi connectivity index (χ4v) is 6.89. The fraction of sp³-hybridized carbons (Fsp3) is 0.512. The molecule has 56 heavy (non-hydrogen) atoms. The highest BCUT2D eigenvalue weighted by Gasteiger charge is 2.26. The maximum atomic E-state index is 11.3. The minimum atomic E-state index is -0.429. The van der Waals surface area contributed by atoms with E-state index in [0.717, 1.165) is 81.2 Å². The van der Waals surface area contributed by atoms with E-state index in [9.17, 15) is 39.7 Å². The molecule has 0 bridgehead atoms. The molecule has 2 N–H and O–H groups in total. The first-order valence-corrected chi connectivity index (χ1v) is 19.4. The van der Waals surface area contributed by atoms with Gasteiger partial charge in [0.25, 0.3) is 11.4 Å². The summed E-state index contributed by atoms with van der Waals surface area (Å²) in [5.74, 6) is 2.97. The van der Waals surface area contributed by atoms with Crippen LogP contribution in [-0.2, 0) is 14.4 Å². The van der Waals surface area contributed by atoms with Gasteiger partial charge in [-0.15, -0.1) is 6.10 Å². The van der Waals surface area contributed by atoms with Crippen LogP contribution in [0.5, 0.6) is 11.5 Å². The number of Topliss-reactive ketones (excluding diaryl/α,β-unsaturated/α-hetero) is 3. The average molecular weight is 775 g/mol. The van der Waals surface area contributed by atoms with Crippen molar-refractivity contribution in [1.29, 1.82) is 0 Å². The molecular weight excluding hydrogens is 718 g/mol. The van der Waals surface area contributed by atoms with Crippen LogP contribution in [0.15, 0.2) is 72.8 Å². The summed E-state index contributed by atoms with van der Waals surface area (Å²) < 4.78 is 11.7. The zero-order valence-corrected chi connectivity index (χ0v) is 32.9. The van der Waals surface area contributed by atoms with Gasteiger partial charge in [-0.25, -0.2) is 0 Å². The highest BCUT2D eigenvalue weighted by molar-refractivity contribution is 5.79. The molecule has 6 rings (SSSR count). The van der Waals surface area contributed by atoms with Crippen molar-refractivity contribution in [3.8, 4) is 11.5 Å². The Balaban J connectivity index is 0.000000208. The normalized spacial score (nSPS) is 22.8. The molecule has 3 fully saturated rings. The van der Waals surface area contributed by atoms with E-state index in [1.54, 1.807) is 45.0 Å². The van der Waals surface area contributed by atoms with Crippen LogP contribution in [-0.4, -0.2) is 45.5 Å². The summed E-state index contributed by atoms with van der Waals surface area (Å²) in [4.78, 5) is 53.1. The van der Waals surface area contributed by atoms with E-state index in [2.05, 4.69) is 0 Å². The number of ketones is 3. The third kappa shape index (κ3) is 16.3. The molecule has 13 nitrogen and oxygen atoms in total.